The van der Waals surface area contributed by atoms with Crippen molar-refractivity contribution >= 4 is 27.8 Å². The van der Waals surface area contributed by atoms with E-state index in [4.69, 9.17) is 0 Å². The van der Waals surface area contributed by atoms with Gasteiger partial charge in [0.25, 0.3) is 5.91 Å². The normalized spacial score (nSPS) is 16.8. The van der Waals surface area contributed by atoms with Crippen molar-refractivity contribution < 1.29 is 13.2 Å². The van der Waals surface area contributed by atoms with Crippen molar-refractivity contribution in [2.75, 3.05) is 17.8 Å². The summed E-state index contributed by atoms with van der Waals surface area (Å²) in [5.74, 6) is 0.657. The molecule has 0 saturated heterocycles. The highest BCUT2D eigenvalue weighted by Gasteiger charge is 2.30. The van der Waals surface area contributed by atoms with Crippen LogP contribution in [0.15, 0.2) is 52.5 Å². The molecule has 1 aromatic carbocycles. The van der Waals surface area contributed by atoms with Gasteiger partial charge >= 0.3 is 0 Å². The van der Waals surface area contributed by atoms with Gasteiger partial charge in [0.2, 0.25) is 0 Å². The van der Waals surface area contributed by atoms with Crippen molar-refractivity contribution in [3.8, 4) is 0 Å². The molecule has 0 bridgehead atoms. The highest BCUT2D eigenvalue weighted by atomic mass is 32.2. The fourth-order valence-electron chi connectivity index (χ4n) is 2.91. The Kier molecular flexibility index (Phi) is 5.75. The lowest BCUT2D eigenvalue weighted by atomic mass is 9.82. The molecule has 0 spiro atoms. The third-order valence-corrected chi connectivity index (χ3v) is 6.03. The molecule has 2 aromatic rings. The summed E-state index contributed by atoms with van der Waals surface area (Å²) in [6.45, 7) is 7.53. The Hall–Kier alpha value is -2.74. The summed E-state index contributed by atoms with van der Waals surface area (Å²) in [5, 5.41) is 9.07. The molecule has 0 radical (unpaired) electrons. The van der Waals surface area contributed by atoms with Crippen LogP contribution in [-0.4, -0.2) is 38.3 Å². The summed E-state index contributed by atoms with van der Waals surface area (Å²) in [6, 6.07) is 11.7. The van der Waals surface area contributed by atoms with E-state index < -0.39 is 9.84 Å². The Labute approximate surface area is 171 Å². The Morgan fingerprint density at radius 1 is 1.17 bits per heavy atom. The number of hydrogen-bond acceptors (Lipinski definition) is 6. The van der Waals surface area contributed by atoms with E-state index in [0.717, 1.165) is 18.4 Å². The number of carbonyl (C=O) groups is 1. The first-order valence-electron chi connectivity index (χ1n) is 9.40. The van der Waals surface area contributed by atoms with Gasteiger partial charge in [0.05, 0.1) is 11.4 Å². The fourth-order valence-corrected chi connectivity index (χ4v) is 3.54. The molecule has 3 rings (SSSR count). The smallest absolute Gasteiger partial charge is 0.270 e. The minimum atomic E-state index is -3.23. The number of anilines is 1. The van der Waals surface area contributed by atoms with Gasteiger partial charge in [-0.2, -0.15) is 5.10 Å². The maximum atomic E-state index is 12.5. The quantitative estimate of drug-likeness (QED) is 0.812. The molecule has 7 nitrogen and oxygen atoms in total. The lowest BCUT2D eigenvalue weighted by molar-refractivity contribution is 0.0946. The number of rotatable bonds is 5. The number of aromatic nitrogens is 1. The van der Waals surface area contributed by atoms with E-state index in [-0.39, 0.29) is 22.8 Å². The summed E-state index contributed by atoms with van der Waals surface area (Å²) < 4.78 is 23.0. The first kappa shape index (κ1) is 21.0. The molecule has 154 valence electrons. The van der Waals surface area contributed by atoms with Crippen LogP contribution in [0.3, 0.4) is 0 Å². The molecule has 1 unspecified atom stereocenters. The largest absolute Gasteiger partial charge is 0.347 e. The van der Waals surface area contributed by atoms with Gasteiger partial charge in [-0.3, -0.25) is 4.79 Å². The number of amides is 1. The number of pyridine rings is 1. The Morgan fingerprint density at radius 3 is 2.45 bits per heavy atom. The molecule has 1 aliphatic heterocycles. The number of hydrazone groups is 1. The number of sulfone groups is 1. The number of carbonyl (C=O) groups excluding carboxylic acids is 1. The van der Waals surface area contributed by atoms with Gasteiger partial charge < -0.3 is 5.32 Å². The second kappa shape index (κ2) is 7.94. The molecular weight excluding hydrogens is 388 g/mol. The van der Waals surface area contributed by atoms with Crippen LogP contribution in [-0.2, 0) is 16.4 Å². The number of nitrogens with one attached hydrogen (secondary N) is 1. The van der Waals surface area contributed by atoms with Gasteiger partial charge in [0, 0.05) is 24.9 Å². The second-order valence-corrected chi connectivity index (χ2v) is 10.3. The van der Waals surface area contributed by atoms with Crippen LogP contribution in [0.5, 0.6) is 0 Å². The summed E-state index contributed by atoms with van der Waals surface area (Å²) in [6.07, 6.45) is 3.10. The predicted molar refractivity (Wildman–Crippen MR) is 114 cm³/mol. The molecule has 8 heteroatoms. The Balaban J connectivity index is 1.64. The summed E-state index contributed by atoms with van der Waals surface area (Å²) in [7, 11) is -3.23. The molecule has 1 aromatic heterocycles. The fraction of sp³-hybridized carbons (Fsp3) is 0.381. The lowest BCUT2D eigenvalue weighted by Crippen LogP contribution is -2.28. The van der Waals surface area contributed by atoms with Gasteiger partial charge in [-0.1, -0.05) is 39.0 Å². The molecule has 1 atom stereocenters. The number of benzene rings is 1. The third-order valence-electron chi connectivity index (χ3n) is 4.90. The maximum absolute atomic E-state index is 12.5. The lowest BCUT2D eigenvalue weighted by Gasteiger charge is -2.25. The van der Waals surface area contributed by atoms with E-state index in [1.54, 1.807) is 24.3 Å². The van der Waals surface area contributed by atoms with Gasteiger partial charge in [-0.25, -0.2) is 18.4 Å². The van der Waals surface area contributed by atoms with Crippen molar-refractivity contribution in [3.05, 3.63) is 53.7 Å². The number of nitrogens with zero attached hydrogens (tertiary/aromatic N) is 3. The summed E-state index contributed by atoms with van der Waals surface area (Å²) >= 11 is 0. The monoisotopic (exact) mass is 414 g/mol. The van der Waals surface area contributed by atoms with E-state index >= 15 is 0 Å². The Morgan fingerprint density at radius 2 is 1.86 bits per heavy atom. The zero-order valence-corrected chi connectivity index (χ0v) is 17.9. The van der Waals surface area contributed by atoms with E-state index in [1.807, 2.05) is 17.3 Å². The van der Waals surface area contributed by atoms with E-state index in [0.29, 0.717) is 17.4 Å². The van der Waals surface area contributed by atoms with Crippen molar-refractivity contribution in [1.82, 2.24) is 10.3 Å². The first-order valence-corrected chi connectivity index (χ1v) is 11.3. The second-order valence-electron chi connectivity index (χ2n) is 8.30. The topological polar surface area (TPSA) is 91.7 Å². The first-order chi connectivity index (χ1) is 13.5. The molecular formula is C21H26N4O3S. The van der Waals surface area contributed by atoms with E-state index in [1.165, 1.54) is 12.1 Å². The van der Waals surface area contributed by atoms with Gasteiger partial charge in [-0.15, -0.1) is 0 Å². The van der Waals surface area contributed by atoms with Crippen molar-refractivity contribution in [2.45, 2.75) is 32.2 Å². The zero-order valence-electron chi connectivity index (χ0n) is 17.1. The van der Waals surface area contributed by atoms with Crippen LogP contribution < -0.4 is 10.3 Å². The van der Waals surface area contributed by atoms with Crippen LogP contribution in [0, 0.1) is 11.3 Å². The minimum Gasteiger partial charge on any atom is -0.347 e. The molecule has 29 heavy (non-hydrogen) atoms. The van der Waals surface area contributed by atoms with Crippen molar-refractivity contribution in [2.24, 2.45) is 16.4 Å². The predicted octanol–water partition coefficient (Wildman–Crippen LogP) is 2.88. The summed E-state index contributed by atoms with van der Waals surface area (Å²) in [4.78, 5) is 17.2. The summed E-state index contributed by atoms with van der Waals surface area (Å²) in [5.41, 5.74) is 1.23. The Bertz CT molecular complexity index is 1020. The van der Waals surface area contributed by atoms with Crippen LogP contribution in [0.25, 0.3) is 0 Å². The van der Waals surface area contributed by atoms with Gasteiger partial charge in [-0.05, 0) is 35.2 Å². The number of hydrogen-bond donors (Lipinski definition) is 1. The highest BCUT2D eigenvalue weighted by molar-refractivity contribution is 7.90. The minimum absolute atomic E-state index is 0.111. The zero-order chi connectivity index (χ0) is 21.2. The molecule has 0 saturated carbocycles. The third kappa shape index (κ3) is 5.20. The molecule has 1 N–H and O–H groups in total. The molecule has 1 aliphatic rings. The SMILES string of the molecule is CC(C)(C)C1C=NN(c2cccc(C(=O)NCc3ccc(S(C)(=O)=O)cc3)n2)C1. The van der Waals surface area contributed by atoms with Gasteiger partial charge in [0.15, 0.2) is 9.84 Å². The van der Waals surface area contributed by atoms with E-state index in [9.17, 15) is 13.2 Å². The maximum Gasteiger partial charge on any atom is 0.270 e. The van der Waals surface area contributed by atoms with E-state index in [2.05, 4.69) is 36.2 Å². The van der Waals surface area contributed by atoms with Crippen LogP contribution in [0.2, 0.25) is 0 Å². The van der Waals surface area contributed by atoms with Crippen LogP contribution in [0.1, 0.15) is 36.8 Å². The standard InChI is InChI=1S/C21H26N4O3S/c1-21(2,3)16-13-23-25(14-16)19-7-5-6-18(24-19)20(26)22-12-15-8-10-17(11-9-15)29(4,27)28/h5-11,13,16H,12,14H2,1-4H3,(H,22,26). The average molecular weight is 415 g/mol. The average Bonchev–Trinajstić information content (AvgIpc) is 3.16. The molecule has 2 heterocycles. The molecule has 0 fully saturated rings. The molecule has 0 aliphatic carbocycles. The van der Waals surface area contributed by atoms with Gasteiger partial charge in [0.1, 0.15) is 11.5 Å². The van der Waals surface area contributed by atoms with Crippen molar-refractivity contribution in [1.29, 1.82) is 0 Å². The molecule has 1 amide bonds. The van der Waals surface area contributed by atoms with Crippen LogP contribution >= 0.6 is 0 Å². The highest BCUT2D eigenvalue weighted by Crippen LogP contribution is 2.30. The van der Waals surface area contributed by atoms with Crippen molar-refractivity contribution in [3.63, 3.8) is 0 Å². The van der Waals surface area contributed by atoms with Crippen LogP contribution in [0.4, 0.5) is 5.82 Å².